The van der Waals surface area contributed by atoms with Crippen LogP contribution in [0.1, 0.15) is 46.6 Å². The number of ether oxygens (including phenoxy) is 1. The second kappa shape index (κ2) is 7.67. The fraction of sp³-hybridized carbons (Fsp3) is 0.700. The van der Waals surface area contributed by atoms with E-state index in [-0.39, 0.29) is 5.41 Å². The minimum Gasteiger partial charge on any atom is -0.491 e. The summed E-state index contributed by atoms with van der Waals surface area (Å²) < 4.78 is 5.75. The molecule has 0 amide bonds. The molecule has 130 valence electrons. The molecule has 3 heteroatoms. The second-order valence-corrected chi connectivity index (χ2v) is 8.40. The van der Waals surface area contributed by atoms with E-state index in [9.17, 15) is 5.11 Å². The first kappa shape index (κ1) is 18.3. The maximum absolute atomic E-state index is 10.3. The van der Waals surface area contributed by atoms with Gasteiger partial charge in [0.05, 0.1) is 0 Å². The molecule has 1 heterocycles. The summed E-state index contributed by atoms with van der Waals surface area (Å²) in [6, 6.07) is 8.21. The van der Waals surface area contributed by atoms with E-state index in [1.54, 1.807) is 0 Å². The zero-order chi connectivity index (χ0) is 17.0. The van der Waals surface area contributed by atoms with Crippen molar-refractivity contribution in [2.75, 3.05) is 26.2 Å². The molecule has 23 heavy (non-hydrogen) atoms. The molecule has 0 bridgehead atoms. The third-order valence-corrected chi connectivity index (χ3v) is 4.58. The van der Waals surface area contributed by atoms with Gasteiger partial charge in [-0.2, -0.15) is 0 Å². The Kier molecular flexibility index (Phi) is 6.10. The molecule has 1 aromatic rings. The van der Waals surface area contributed by atoms with Crippen molar-refractivity contribution in [3.8, 4) is 5.75 Å². The maximum Gasteiger partial charge on any atom is 0.119 e. The van der Waals surface area contributed by atoms with Gasteiger partial charge in [-0.3, -0.25) is 0 Å². The molecule has 1 N–H and O–H groups in total. The van der Waals surface area contributed by atoms with E-state index in [1.807, 2.05) is 12.1 Å². The van der Waals surface area contributed by atoms with Crippen LogP contribution >= 0.6 is 0 Å². The van der Waals surface area contributed by atoms with Gasteiger partial charge in [-0.05, 0) is 41.4 Å². The molecule has 3 atom stereocenters. The van der Waals surface area contributed by atoms with Crippen LogP contribution < -0.4 is 4.74 Å². The van der Waals surface area contributed by atoms with Gasteiger partial charge in [0.25, 0.3) is 0 Å². The number of hydrogen-bond donors (Lipinski definition) is 1. The molecule has 1 aliphatic heterocycles. The Morgan fingerprint density at radius 3 is 2.22 bits per heavy atom. The summed E-state index contributed by atoms with van der Waals surface area (Å²) in [6.45, 7) is 14.4. The van der Waals surface area contributed by atoms with Crippen molar-refractivity contribution in [2.45, 2.75) is 52.6 Å². The van der Waals surface area contributed by atoms with Crippen LogP contribution in [0.4, 0.5) is 0 Å². The number of piperidine rings is 1. The number of nitrogens with zero attached hydrogens (tertiary/aromatic N) is 1. The van der Waals surface area contributed by atoms with E-state index in [1.165, 1.54) is 12.0 Å². The van der Waals surface area contributed by atoms with Crippen LogP contribution in [-0.4, -0.2) is 42.4 Å². The van der Waals surface area contributed by atoms with Gasteiger partial charge in [-0.25, -0.2) is 0 Å². The van der Waals surface area contributed by atoms with Gasteiger partial charge in [0, 0.05) is 19.6 Å². The van der Waals surface area contributed by atoms with E-state index in [0.717, 1.165) is 30.7 Å². The van der Waals surface area contributed by atoms with Crippen LogP contribution in [0, 0.1) is 11.8 Å². The third kappa shape index (κ3) is 5.82. The first-order valence-electron chi connectivity index (χ1n) is 8.88. The third-order valence-electron chi connectivity index (χ3n) is 4.58. The van der Waals surface area contributed by atoms with Crippen molar-refractivity contribution in [1.82, 2.24) is 4.90 Å². The number of benzene rings is 1. The summed E-state index contributed by atoms with van der Waals surface area (Å²) in [6.07, 6.45) is 0.859. The van der Waals surface area contributed by atoms with Crippen molar-refractivity contribution in [2.24, 2.45) is 11.8 Å². The maximum atomic E-state index is 10.3. The first-order chi connectivity index (χ1) is 10.7. The van der Waals surface area contributed by atoms with Gasteiger partial charge in [0.1, 0.15) is 18.5 Å². The summed E-state index contributed by atoms with van der Waals surface area (Å²) in [7, 11) is 0. The molecule has 0 unspecified atom stereocenters. The molecule has 0 saturated carbocycles. The Labute approximate surface area is 141 Å². The molecule has 1 aliphatic rings. The van der Waals surface area contributed by atoms with Crippen LogP contribution in [0.5, 0.6) is 5.75 Å². The number of aliphatic hydroxyl groups is 1. The molecule has 0 radical (unpaired) electrons. The Bertz CT molecular complexity index is 467. The van der Waals surface area contributed by atoms with Gasteiger partial charge < -0.3 is 14.7 Å². The molecule has 1 saturated heterocycles. The van der Waals surface area contributed by atoms with E-state index in [0.29, 0.717) is 13.2 Å². The standard InChI is InChI=1S/C20H33NO2/c1-15-10-16(2)12-21(11-15)13-18(22)14-23-19-8-6-17(7-9-19)20(3,4)5/h6-9,15-16,18,22H,10-14H2,1-5H3/t15-,16+,18-/m1/s1. The van der Waals surface area contributed by atoms with E-state index >= 15 is 0 Å². The molecule has 0 spiro atoms. The first-order valence-corrected chi connectivity index (χ1v) is 8.88. The van der Waals surface area contributed by atoms with Crippen molar-refractivity contribution in [3.63, 3.8) is 0 Å². The molecular formula is C20H33NO2. The predicted molar refractivity (Wildman–Crippen MR) is 96.0 cm³/mol. The minimum absolute atomic E-state index is 0.152. The molecule has 2 rings (SSSR count). The number of likely N-dealkylation sites (tertiary alicyclic amines) is 1. The van der Waals surface area contributed by atoms with Crippen LogP contribution in [0.25, 0.3) is 0 Å². The Morgan fingerprint density at radius 2 is 1.70 bits per heavy atom. The van der Waals surface area contributed by atoms with E-state index < -0.39 is 6.10 Å². The molecule has 3 nitrogen and oxygen atoms in total. The average molecular weight is 319 g/mol. The van der Waals surface area contributed by atoms with Crippen molar-refractivity contribution < 1.29 is 9.84 Å². The lowest BCUT2D eigenvalue weighted by Gasteiger charge is -2.35. The largest absolute Gasteiger partial charge is 0.491 e. The Hall–Kier alpha value is -1.06. The predicted octanol–water partition coefficient (Wildman–Crippen LogP) is 3.70. The molecule has 0 aromatic heterocycles. The number of aliphatic hydroxyl groups excluding tert-OH is 1. The fourth-order valence-corrected chi connectivity index (χ4v) is 3.54. The van der Waals surface area contributed by atoms with Gasteiger partial charge in [0.2, 0.25) is 0 Å². The fourth-order valence-electron chi connectivity index (χ4n) is 3.54. The average Bonchev–Trinajstić information content (AvgIpc) is 2.43. The summed E-state index contributed by atoms with van der Waals surface area (Å²) in [5, 5.41) is 10.3. The number of rotatable bonds is 5. The smallest absolute Gasteiger partial charge is 0.119 e. The summed E-state index contributed by atoms with van der Waals surface area (Å²) >= 11 is 0. The van der Waals surface area contributed by atoms with Gasteiger partial charge in [-0.15, -0.1) is 0 Å². The van der Waals surface area contributed by atoms with Gasteiger partial charge in [-0.1, -0.05) is 46.8 Å². The number of hydrogen-bond acceptors (Lipinski definition) is 3. The number of β-amino-alcohol motifs (C(OH)–C–C–N with tert-alkyl or cyclic N) is 1. The zero-order valence-electron chi connectivity index (χ0n) is 15.4. The highest BCUT2D eigenvalue weighted by atomic mass is 16.5. The highest BCUT2D eigenvalue weighted by molar-refractivity contribution is 5.31. The van der Waals surface area contributed by atoms with Crippen molar-refractivity contribution in [1.29, 1.82) is 0 Å². The Balaban J connectivity index is 1.79. The molecular weight excluding hydrogens is 286 g/mol. The zero-order valence-corrected chi connectivity index (χ0v) is 15.4. The minimum atomic E-state index is -0.435. The SMILES string of the molecule is C[C@@H]1C[C@H](C)CN(C[C@@H](O)COc2ccc(C(C)(C)C)cc2)C1. The lowest BCUT2D eigenvalue weighted by Crippen LogP contribution is -2.44. The lowest BCUT2D eigenvalue weighted by atomic mass is 9.87. The van der Waals surface area contributed by atoms with Crippen LogP contribution in [0.2, 0.25) is 0 Å². The van der Waals surface area contributed by atoms with Crippen LogP contribution in [-0.2, 0) is 5.41 Å². The van der Waals surface area contributed by atoms with Gasteiger partial charge in [0.15, 0.2) is 0 Å². The second-order valence-electron chi connectivity index (χ2n) is 8.40. The molecule has 1 fully saturated rings. The van der Waals surface area contributed by atoms with E-state index in [4.69, 9.17) is 4.74 Å². The van der Waals surface area contributed by atoms with Crippen LogP contribution in [0.15, 0.2) is 24.3 Å². The Morgan fingerprint density at radius 1 is 1.13 bits per heavy atom. The van der Waals surface area contributed by atoms with E-state index in [2.05, 4.69) is 51.7 Å². The lowest BCUT2D eigenvalue weighted by molar-refractivity contribution is 0.0429. The van der Waals surface area contributed by atoms with Crippen molar-refractivity contribution >= 4 is 0 Å². The molecule has 1 aromatic carbocycles. The summed E-state index contributed by atoms with van der Waals surface area (Å²) in [5.74, 6) is 2.27. The normalized spacial score (nSPS) is 24.4. The van der Waals surface area contributed by atoms with Gasteiger partial charge >= 0.3 is 0 Å². The highest BCUT2D eigenvalue weighted by Gasteiger charge is 2.23. The summed E-state index contributed by atoms with van der Waals surface area (Å²) in [5.41, 5.74) is 1.45. The summed E-state index contributed by atoms with van der Waals surface area (Å²) in [4.78, 5) is 2.37. The monoisotopic (exact) mass is 319 g/mol. The molecule has 0 aliphatic carbocycles. The highest BCUT2D eigenvalue weighted by Crippen LogP contribution is 2.24. The topological polar surface area (TPSA) is 32.7 Å². The van der Waals surface area contributed by atoms with Crippen LogP contribution in [0.3, 0.4) is 0 Å². The quantitative estimate of drug-likeness (QED) is 0.898. The van der Waals surface area contributed by atoms with Crippen molar-refractivity contribution in [3.05, 3.63) is 29.8 Å².